The van der Waals surface area contributed by atoms with E-state index in [-0.39, 0.29) is 5.91 Å². The molecule has 0 unspecified atom stereocenters. The number of sulfonamides is 1. The molecule has 1 aromatic carbocycles. The van der Waals surface area contributed by atoms with E-state index >= 15 is 0 Å². The summed E-state index contributed by atoms with van der Waals surface area (Å²) in [6, 6.07) is 6.73. The molecule has 5 nitrogen and oxygen atoms in total. The van der Waals surface area contributed by atoms with E-state index in [4.69, 9.17) is 11.6 Å². The number of hydrogen-bond acceptors (Lipinski definition) is 3. The zero-order valence-corrected chi connectivity index (χ0v) is 13.5. The highest BCUT2D eigenvalue weighted by Gasteiger charge is 2.25. The molecule has 2 rings (SSSR count). The average Bonchev–Trinajstić information content (AvgIpc) is 2.45. The summed E-state index contributed by atoms with van der Waals surface area (Å²) in [5, 5.41) is 3.49. The molecule has 7 heteroatoms. The minimum Gasteiger partial charge on any atom is -0.352 e. The van der Waals surface area contributed by atoms with Gasteiger partial charge < -0.3 is 5.32 Å². The summed E-state index contributed by atoms with van der Waals surface area (Å²) in [5.41, 5.74) is 0.577. The molecule has 0 spiro atoms. The SMILES string of the molecule is CS(=O)(=O)N1CCC(CNC(=O)c2ccc(Cl)cc2)CC1. The van der Waals surface area contributed by atoms with Gasteiger partial charge in [0.15, 0.2) is 0 Å². The molecule has 116 valence electrons. The largest absolute Gasteiger partial charge is 0.352 e. The molecule has 1 heterocycles. The molecule has 0 aliphatic carbocycles. The Morgan fingerprint density at radius 3 is 2.38 bits per heavy atom. The molecule has 1 amide bonds. The third kappa shape index (κ3) is 4.69. The first-order valence-electron chi connectivity index (χ1n) is 6.85. The fourth-order valence-corrected chi connectivity index (χ4v) is 3.39. The van der Waals surface area contributed by atoms with Crippen molar-refractivity contribution in [3.05, 3.63) is 34.9 Å². The van der Waals surface area contributed by atoms with Crippen LogP contribution in [0.2, 0.25) is 5.02 Å². The lowest BCUT2D eigenvalue weighted by atomic mass is 9.98. The van der Waals surface area contributed by atoms with E-state index in [2.05, 4.69) is 5.32 Å². The van der Waals surface area contributed by atoms with Crippen LogP contribution in [0.4, 0.5) is 0 Å². The highest BCUT2D eigenvalue weighted by molar-refractivity contribution is 7.88. The van der Waals surface area contributed by atoms with E-state index in [1.165, 1.54) is 10.6 Å². The fourth-order valence-electron chi connectivity index (χ4n) is 2.39. The maximum atomic E-state index is 12.0. The second kappa shape index (κ2) is 6.77. The van der Waals surface area contributed by atoms with Crippen LogP contribution in [0.15, 0.2) is 24.3 Å². The summed E-state index contributed by atoms with van der Waals surface area (Å²) in [7, 11) is -3.09. The van der Waals surface area contributed by atoms with Gasteiger partial charge in [0.1, 0.15) is 0 Å². The Kier molecular flexibility index (Phi) is 5.24. The predicted octanol–water partition coefficient (Wildman–Crippen LogP) is 1.74. The van der Waals surface area contributed by atoms with Gasteiger partial charge in [-0.05, 0) is 43.0 Å². The Balaban J connectivity index is 1.79. The summed E-state index contributed by atoms with van der Waals surface area (Å²) in [4.78, 5) is 12.0. The first kappa shape index (κ1) is 16.3. The quantitative estimate of drug-likeness (QED) is 0.914. The van der Waals surface area contributed by atoms with Gasteiger partial charge in [-0.15, -0.1) is 0 Å². The Labute approximate surface area is 130 Å². The van der Waals surface area contributed by atoms with E-state index in [1.807, 2.05) is 0 Å². The highest BCUT2D eigenvalue weighted by atomic mass is 35.5. The monoisotopic (exact) mass is 330 g/mol. The minimum absolute atomic E-state index is 0.128. The minimum atomic E-state index is -3.09. The molecule has 1 N–H and O–H groups in total. The van der Waals surface area contributed by atoms with E-state index in [9.17, 15) is 13.2 Å². The maximum absolute atomic E-state index is 12.0. The number of carbonyl (C=O) groups excluding carboxylic acids is 1. The summed E-state index contributed by atoms with van der Waals surface area (Å²) in [5.74, 6) is 0.191. The summed E-state index contributed by atoms with van der Waals surface area (Å²) < 4.78 is 24.3. The van der Waals surface area contributed by atoms with Crippen molar-refractivity contribution in [1.29, 1.82) is 0 Å². The van der Waals surface area contributed by atoms with Crippen LogP contribution in [0.5, 0.6) is 0 Å². The van der Waals surface area contributed by atoms with Gasteiger partial charge in [-0.2, -0.15) is 0 Å². The van der Waals surface area contributed by atoms with Crippen LogP contribution in [0.25, 0.3) is 0 Å². The maximum Gasteiger partial charge on any atom is 0.251 e. The summed E-state index contributed by atoms with van der Waals surface area (Å²) in [6.45, 7) is 1.62. The predicted molar refractivity (Wildman–Crippen MR) is 82.9 cm³/mol. The molecule has 0 saturated carbocycles. The number of rotatable bonds is 4. The number of nitrogens with zero attached hydrogens (tertiary/aromatic N) is 1. The molecule has 0 atom stereocenters. The molecular formula is C14H19ClN2O3S. The second-order valence-electron chi connectivity index (χ2n) is 5.32. The Morgan fingerprint density at radius 2 is 1.86 bits per heavy atom. The van der Waals surface area contributed by atoms with Crippen molar-refractivity contribution in [3.63, 3.8) is 0 Å². The van der Waals surface area contributed by atoms with E-state index in [0.29, 0.717) is 36.1 Å². The van der Waals surface area contributed by atoms with Crippen molar-refractivity contribution < 1.29 is 13.2 Å². The van der Waals surface area contributed by atoms with E-state index < -0.39 is 10.0 Å². The van der Waals surface area contributed by atoms with E-state index in [0.717, 1.165) is 12.8 Å². The summed E-state index contributed by atoms with van der Waals surface area (Å²) >= 11 is 5.78. The molecular weight excluding hydrogens is 312 g/mol. The molecule has 1 aliphatic rings. The zero-order valence-electron chi connectivity index (χ0n) is 11.9. The lowest BCUT2D eigenvalue weighted by molar-refractivity contribution is 0.0941. The Bertz CT molecular complexity index is 593. The lowest BCUT2D eigenvalue weighted by Crippen LogP contribution is -2.41. The third-order valence-corrected chi connectivity index (χ3v) is 5.26. The Morgan fingerprint density at radius 1 is 1.29 bits per heavy atom. The first-order valence-corrected chi connectivity index (χ1v) is 9.08. The van der Waals surface area contributed by atoms with Crippen molar-refractivity contribution in [2.45, 2.75) is 12.8 Å². The second-order valence-corrected chi connectivity index (χ2v) is 7.74. The van der Waals surface area contributed by atoms with Gasteiger partial charge >= 0.3 is 0 Å². The van der Waals surface area contributed by atoms with Gasteiger partial charge in [0, 0.05) is 30.2 Å². The van der Waals surface area contributed by atoms with Gasteiger partial charge in [0.2, 0.25) is 10.0 Å². The van der Waals surface area contributed by atoms with Crippen LogP contribution < -0.4 is 5.32 Å². The number of halogens is 1. The van der Waals surface area contributed by atoms with Crippen LogP contribution in [-0.4, -0.2) is 44.5 Å². The molecule has 0 aromatic heterocycles. The number of benzene rings is 1. The number of hydrogen-bond donors (Lipinski definition) is 1. The van der Waals surface area contributed by atoms with Gasteiger partial charge in [0.25, 0.3) is 5.91 Å². The van der Waals surface area contributed by atoms with Crippen molar-refractivity contribution in [1.82, 2.24) is 9.62 Å². The van der Waals surface area contributed by atoms with Crippen LogP contribution in [0.3, 0.4) is 0 Å². The van der Waals surface area contributed by atoms with Gasteiger partial charge in [-0.3, -0.25) is 4.79 Å². The molecule has 1 aromatic rings. The van der Waals surface area contributed by atoms with Gasteiger partial charge in [-0.25, -0.2) is 12.7 Å². The van der Waals surface area contributed by atoms with Gasteiger partial charge in [-0.1, -0.05) is 11.6 Å². The first-order chi connectivity index (χ1) is 9.86. The van der Waals surface area contributed by atoms with Gasteiger partial charge in [0.05, 0.1) is 6.26 Å². The number of amides is 1. The van der Waals surface area contributed by atoms with Crippen molar-refractivity contribution in [3.8, 4) is 0 Å². The standard InChI is InChI=1S/C14H19ClN2O3S/c1-21(19,20)17-8-6-11(7-9-17)10-16-14(18)12-2-4-13(15)5-3-12/h2-5,11H,6-10H2,1H3,(H,16,18). The molecule has 0 radical (unpaired) electrons. The number of carbonyl (C=O) groups is 1. The molecule has 21 heavy (non-hydrogen) atoms. The normalized spacial score (nSPS) is 17.6. The van der Waals surface area contributed by atoms with Crippen LogP contribution >= 0.6 is 11.6 Å². The van der Waals surface area contributed by atoms with Crippen molar-refractivity contribution in [2.24, 2.45) is 5.92 Å². The van der Waals surface area contributed by atoms with Crippen molar-refractivity contribution >= 4 is 27.5 Å². The third-order valence-electron chi connectivity index (χ3n) is 3.70. The Hall–Kier alpha value is -1.11. The highest BCUT2D eigenvalue weighted by Crippen LogP contribution is 2.18. The number of nitrogens with one attached hydrogen (secondary N) is 1. The smallest absolute Gasteiger partial charge is 0.251 e. The topological polar surface area (TPSA) is 66.5 Å². The van der Waals surface area contributed by atoms with Crippen LogP contribution in [-0.2, 0) is 10.0 Å². The summed E-state index contributed by atoms with van der Waals surface area (Å²) in [6.07, 6.45) is 2.78. The fraction of sp³-hybridized carbons (Fsp3) is 0.500. The lowest BCUT2D eigenvalue weighted by Gasteiger charge is -2.30. The van der Waals surface area contributed by atoms with Crippen LogP contribution in [0, 0.1) is 5.92 Å². The van der Waals surface area contributed by atoms with Crippen LogP contribution in [0.1, 0.15) is 23.2 Å². The number of piperidine rings is 1. The van der Waals surface area contributed by atoms with Crippen molar-refractivity contribution in [2.75, 3.05) is 25.9 Å². The zero-order chi connectivity index (χ0) is 15.5. The van der Waals surface area contributed by atoms with E-state index in [1.54, 1.807) is 24.3 Å². The molecule has 1 fully saturated rings. The molecule has 1 saturated heterocycles. The molecule has 1 aliphatic heterocycles. The average molecular weight is 331 g/mol. The molecule has 0 bridgehead atoms.